The van der Waals surface area contributed by atoms with Crippen LogP contribution in [-0.4, -0.2) is 41.2 Å². The lowest BCUT2D eigenvalue weighted by Crippen LogP contribution is -2.32. The van der Waals surface area contributed by atoms with Crippen molar-refractivity contribution < 1.29 is 9.53 Å². The summed E-state index contributed by atoms with van der Waals surface area (Å²) in [5.74, 6) is 0.856. The summed E-state index contributed by atoms with van der Waals surface area (Å²) in [6, 6.07) is 9.49. The summed E-state index contributed by atoms with van der Waals surface area (Å²) in [4.78, 5) is 14.5. The zero-order valence-corrected chi connectivity index (χ0v) is 12.8. The number of aromatic amines is 1. The number of carbonyl (C=O) groups is 1. The van der Waals surface area contributed by atoms with E-state index in [0.717, 1.165) is 42.9 Å². The van der Waals surface area contributed by atoms with Crippen molar-refractivity contribution in [1.82, 2.24) is 15.1 Å². The summed E-state index contributed by atoms with van der Waals surface area (Å²) in [6.45, 7) is 1.69. The van der Waals surface area contributed by atoms with Gasteiger partial charge in [0.1, 0.15) is 11.4 Å². The normalized spacial score (nSPS) is 15.4. The fourth-order valence-electron chi connectivity index (χ4n) is 2.79. The van der Waals surface area contributed by atoms with Crippen LogP contribution in [0.5, 0.6) is 5.75 Å². The van der Waals surface area contributed by atoms with Crippen LogP contribution in [0, 0.1) is 0 Å². The summed E-state index contributed by atoms with van der Waals surface area (Å²) < 4.78 is 5.15. The van der Waals surface area contributed by atoms with Gasteiger partial charge in [0.05, 0.1) is 12.8 Å². The number of methoxy groups -OCH3 is 1. The predicted octanol–water partition coefficient (Wildman–Crippen LogP) is 3.10. The maximum Gasteiger partial charge on any atom is 0.271 e. The first-order valence-corrected chi connectivity index (χ1v) is 7.77. The fraction of sp³-hybridized carbons (Fsp3) is 0.412. The summed E-state index contributed by atoms with van der Waals surface area (Å²) in [6.07, 6.45) is 4.60. The highest BCUT2D eigenvalue weighted by molar-refractivity contribution is 5.93. The molecule has 116 valence electrons. The number of likely N-dealkylation sites (tertiary alicyclic amines) is 1. The number of ether oxygens (including phenoxy) is 1. The van der Waals surface area contributed by atoms with Crippen molar-refractivity contribution in [3.05, 3.63) is 36.0 Å². The lowest BCUT2D eigenvalue weighted by atomic mass is 10.1. The van der Waals surface area contributed by atoms with E-state index in [2.05, 4.69) is 10.2 Å². The summed E-state index contributed by atoms with van der Waals surface area (Å²) >= 11 is 0. The van der Waals surface area contributed by atoms with Gasteiger partial charge in [-0.2, -0.15) is 5.10 Å². The van der Waals surface area contributed by atoms with Gasteiger partial charge in [-0.3, -0.25) is 9.89 Å². The average Bonchev–Trinajstić information content (AvgIpc) is 2.90. The van der Waals surface area contributed by atoms with E-state index in [4.69, 9.17) is 4.74 Å². The molecule has 0 aliphatic carbocycles. The molecule has 1 aromatic heterocycles. The van der Waals surface area contributed by atoms with Crippen LogP contribution >= 0.6 is 0 Å². The lowest BCUT2D eigenvalue weighted by Gasteiger charge is -2.18. The van der Waals surface area contributed by atoms with Gasteiger partial charge in [0.2, 0.25) is 0 Å². The molecule has 0 atom stereocenters. The Labute approximate surface area is 130 Å². The Kier molecular flexibility index (Phi) is 4.42. The highest BCUT2D eigenvalue weighted by Gasteiger charge is 2.19. The van der Waals surface area contributed by atoms with Gasteiger partial charge in [-0.15, -0.1) is 0 Å². The second-order valence-electron chi connectivity index (χ2n) is 5.60. The number of amides is 1. The van der Waals surface area contributed by atoms with Crippen molar-refractivity contribution in [3.8, 4) is 17.0 Å². The first kappa shape index (κ1) is 14.6. The van der Waals surface area contributed by atoms with Gasteiger partial charge in [0, 0.05) is 18.7 Å². The zero-order chi connectivity index (χ0) is 15.4. The molecule has 0 saturated carbocycles. The van der Waals surface area contributed by atoms with Crippen LogP contribution in [0.3, 0.4) is 0 Å². The smallest absolute Gasteiger partial charge is 0.271 e. The molecule has 1 aliphatic rings. The molecule has 0 unspecified atom stereocenters. The van der Waals surface area contributed by atoms with E-state index in [1.165, 1.54) is 12.8 Å². The maximum atomic E-state index is 12.5. The monoisotopic (exact) mass is 299 g/mol. The minimum absolute atomic E-state index is 0.0501. The van der Waals surface area contributed by atoms with E-state index in [9.17, 15) is 4.79 Å². The molecule has 5 heteroatoms. The van der Waals surface area contributed by atoms with Crippen LogP contribution in [-0.2, 0) is 0 Å². The van der Waals surface area contributed by atoms with E-state index in [1.807, 2.05) is 35.2 Å². The van der Waals surface area contributed by atoms with E-state index in [0.29, 0.717) is 5.69 Å². The number of H-pyrrole nitrogens is 1. The summed E-state index contributed by atoms with van der Waals surface area (Å²) in [5.41, 5.74) is 2.31. The van der Waals surface area contributed by atoms with E-state index in [1.54, 1.807) is 7.11 Å². The number of rotatable bonds is 3. The Balaban J connectivity index is 1.75. The molecule has 1 fully saturated rings. The molecule has 22 heavy (non-hydrogen) atoms. The third-order valence-corrected chi connectivity index (χ3v) is 4.09. The number of carbonyl (C=O) groups excluding carboxylic acids is 1. The van der Waals surface area contributed by atoms with Crippen molar-refractivity contribution >= 4 is 5.91 Å². The Bertz CT molecular complexity index is 626. The number of hydrogen-bond acceptors (Lipinski definition) is 3. The second kappa shape index (κ2) is 6.64. The molecule has 2 aromatic rings. The average molecular weight is 299 g/mol. The molecule has 0 bridgehead atoms. The van der Waals surface area contributed by atoms with Crippen molar-refractivity contribution in [3.63, 3.8) is 0 Å². The summed E-state index contributed by atoms with van der Waals surface area (Å²) in [5, 5.41) is 7.15. The third-order valence-electron chi connectivity index (χ3n) is 4.09. The molecule has 0 radical (unpaired) electrons. The van der Waals surface area contributed by atoms with Gasteiger partial charge in [-0.05, 0) is 43.2 Å². The van der Waals surface area contributed by atoms with Crippen molar-refractivity contribution in [1.29, 1.82) is 0 Å². The van der Waals surface area contributed by atoms with E-state index in [-0.39, 0.29) is 5.91 Å². The Morgan fingerprint density at radius 2 is 1.82 bits per heavy atom. The standard InChI is InChI=1S/C17H21N3O2/c1-22-14-8-6-13(7-9-14)15-12-16(19-18-15)17(21)20-10-4-2-3-5-11-20/h6-9,12H,2-5,10-11H2,1H3,(H,18,19). The minimum Gasteiger partial charge on any atom is -0.497 e. The number of hydrogen-bond donors (Lipinski definition) is 1. The molecule has 1 amide bonds. The SMILES string of the molecule is COc1ccc(-c2cc(C(=O)N3CCCCCC3)[nH]n2)cc1. The molecule has 0 spiro atoms. The van der Waals surface area contributed by atoms with Crippen LogP contribution in [0.25, 0.3) is 11.3 Å². The molecule has 5 nitrogen and oxygen atoms in total. The highest BCUT2D eigenvalue weighted by Crippen LogP contribution is 2.22. The molecule has 3 rings (SSSR count). The van der Waals surface area contributed by atoms with Crippen LogP contribution in [0.1, 0.15) is 36.2 Å². The summed E-state index contributed by atoms with van der Waals surface area (Å²) in [7, 11) is 1.64. The molecular formula is C17H21N3O2. The number of benzene rings is 1. The predicted molar refractivity (Wildman–Crippen MR) is 84.9 cm³/mol. The van der Waals surface area contributed by atoms with Crippen molar-refractivity contribution in [2.45, 2.75) is 25.7 Å². The fourth-order valence-corrected chi connectivity index (χ4v) is 2.79. The minimum atomic E-state index is 0.0501. The molecule has 1 aliphatic heterocycles. The maximum absolute atomic E-state index is 12.5. The second-order valence-corrected chi connectivity index (χ2v) is 5.60. The van der Waals surface area contributed by atoms with Gasteiger partial charge in [0.15, 0.2) is 0 Å². The largest absolute Gasteiger partial charge is 0.497 e. The molecule has 1 saturated heterocycles. The zero-order valence-electron chi connectivity index (χ0n) is 12.8. The van der Waals surface area contributed by atoms with Gasteiger partial charge in [-0.25, -0.2) is 0 Å². The quantitative estimate of drug-likeness (QED) is 0.947. The van der Waals surface area contributed by atoms with Gasteiger partial charge < -0.3 is 9.64 Å². The first-order valence-electron chi connectivity index (χ1n) is 7.77. The third kappa shape index (κ3) is 3.13. The Morgan fingerprint density at radius 3 is 2.45 bits per heavy atom. The van der Waals surface area contributed by atoms with E-state index >= 15 is 0 Å². The van der Waals surface area contributed by atoms with Crippen LogP contribution in [0.2, 0.25) is 0 Å². The van der Waals surface area contributed by atoms with Crippen LogP contribution in [0.4, 0.5) is 0 Å². The topological polar surface area (TPSA) is 58.2 Å². The van der Waals surface area contributed by atoms with Crippen LogP contribution < -0.4 is 4.74 Å². The number of aromatic nitrogens is 2. The molecular weight excluding hydrogens is 278 g/mol. The van der Waals surface area contributed by atoms with Crippen LogP contribution in [0.15, 0.2) is 30.3 Å². The number of nitrogens with zero attached hydrogens (tertiary/aromatic N) is 2. The molecule has 1 N–H and O–H groups in total. The molecule has 2 heterocycles. The van der Waals surface area contributed by atoms with Gasteiger partial charge in [0.25, 0.3) is 5.91 Å². The van der Waals surface area contributed by atoms with Crippen molar-refractivity contribution in [2.24, 2.45) is 0 Å². The Hall–Kier alpha value is -2.30. The Morgan fingerprint density at radius 1 is 1.14 bits per heavy atom. The van der Waals surface area contributed by atoms with Crippen molar-refractivity contribution in [2.75, 3.05) is 20.2 Å². The molecule has 1 aromatic carbocycles. The first-order chi connectivity index (χ1) is 10.8. The van der Waals surface area contributed by atoms with Gasteiger partial charge in [-0.1, -0.05) is 12.8 Å². The highest BCUT2D eigenvalue weighted by atomic mass is 16.5. The lowest BCUT2D eigenvalue weighted by molar-refractivity contribution is 0.0755. The van der Waals surface area contributed by atoms with Gasteiger partial charge >= 0.3 is 0 Å². The van der Waals surface area contributed by atoms with E-state index < -0.39 is 0 Å². The number of nitrogens with one attached hydrogen (secondary N) is 1.